The average Bonchev–Trinajstić information content (AvgIpc) is 2.96. The Kier molecular flexibility index (Phi) is 5.72. The van der Waals surface area contributed by atoms with E-state index < -0.39 is 29.6 Å². The number of aromatic nitrogens is 2. The lowest BCUT2D eigenvalue weighted by atomic mass is 10.2. The SMILES string of the molecule is O=C(Cn1cc([N+](=O)[O-])cn1)NCC(N1CCNCC1)C(F)(F)F. The molecule has 1 amide bonds. The minimum atomic E-state index is -4.46. The molecule has 1 fully saturated rings. The molecule has 0 radical (unpaired) electrons. The summed E-state index contributed by atoms with van der Waals surface area (Å²) in [5.41, 5.74) is -0.295. The van der Waals surface area contributed by atoms with Gasteiger partial charge in [-0.3, -0.25) is 24.5 Å². The van der Waals surface area contributed by atoms with Crippen LogP contribution in [-0.4, -0.2) is 70.5 Å². The van der Waals surface area contributed by atoms with Crippen LogP contribution in [0.4, 0.5) is 18.9 Å². The Balaban J connectivity index is 1.90. The van der Waals surface area contributed by atoms with Gasteiger partial charge in [0.25, 0.3) is 0 Å². The molecule has 1 aliphatic heterocycles. The van der Waals surface area contributed by atoms with Crippen LogP contribution < -0.4 is 10.6 Å². The van der Waals surface area contributed by atoms with E-state index in [0.717, 1.165) is 17.1 Å². The van der Waals surface area contributed by atoms with Crippen molar-refractivity contribution in [2.24, 2.45) is 0 Å². The number of piperazine rings is 1. The number of carbonyl (C=O) groups excluding carboxylic acids is 1. The van der Waals surface area contributed by atoms with Crippen molar-refractivity contribution in [1.82, 2.24) is 25.3 Å². The molecule has 2 rings (SSSR count). The number of alkyl halides is 3. The molecular formula is C12H17F3N6O3. The molecule has 0 aliphatic carbocycles. The van der Waals surface area contributed by atoms with Crippen molar-refractivity contribution in [2.45, 2.75) is 18.8 Å². The van der Waals surface area contributed by atoms with Gasteiger partial charge in [0.05, 0.1) is 4.92 Å². The van der Waals surface area contributed by atoms with Gasteiger partial charge in [0.2, 0.25) is 5.91 Å². The molecule has 134 valence electrons. The van der Waals surface area contributed by atoms with Gasteiger partial charge in [-0.2, -0.15) is 18.3 Å². The van der Waals surface area contributed by atoms with Gasteiger partial charge in [-0.05, 0) is 0 Å². The van der Waals surface area contributed by atoms with Gasteiger partial charge in [-0.15, -0.1) is 0 Å². The topological polar surface area (TPSA) is 105 Å². The van der Waals surface area contributed by atoms with Crippen LogP contribution in [0.3, 0.4) is 0 Å². The molecule has 1 aromatic rings. The Hall–Kier alpha value is -2.21. The van der Waals surface area contributed by atoms with Crippen molar-refractivity contribution in [2.75, 3.05) is 32.7 Å². The minimum Gasteiger partial charge on any atom is -0.353 e. The number of nitrogens with zero attached hydrogens (tertiary/aromatic N) is 4. The quantitative estimate of drug-likeness (QED) is 0.541. The first-order valence-electron chi connectivity index (χ1n) is 7.22. The summed E-state index contributed by atoms with van der Waals surface area (Å²) in [6.07, 6.45) is -2.46. The van der Waals surface area contributed by atoms with Gasteiger partial charge in [-0.1, -0.05) is 0 Å². The standard InChI is InChI=1S/C12H17F3N6O3/c13-12(14,15)10(19-3-1-16-2-4-19)6-17-11(22)8-20-7-9(5-18-20)21(23)24/h5,7,10,16H,1-4,6,8H2,(H,17,22). The first kappa shape index (κ1) is 18.1. The van der Waals surface area contributed by atoms with Crippen LogP contribution in [-0.2, 0) is 11.3 Å². The molecule has 1 aliphatic rings. The highest BCUT2D eigenvalue weighted by atomic mass is 19.4. The Morgan fingerprint density at radius 1 is 1.46 bits per heavy atom. The average molecular weight is 350 g/mol. The Labute approximate surface area is 134 Å². The van der Waals surface area contributed by atoms with Crippen LogP contribution >= 0.6 is 0 Å². The number of nitrogens with one attached hydrogen (secondary N) is 2. The second kappa shape index (κ2) is 7.57. The molecule has 1 saturated heterocycles. The van der Waals surface area contributed by atoms with Crippen molar-refractivity contribution < 1.29 is 22.9 Å². The van der Waals surface area contributed by atoms with Gasteiger partial charge < -0.3 is 10.6 Å². The predicted octanol–water partition coefficient (Wildman–Crippen LogP) is -0.256. The van der Waals surface area contributed by atoms with E-state index in [1.165, 1.54) is 4.90 Å². The van der Waals surface area contributed by atoms with Crippen molar-refractivity contribution >= 4 is 11.6 Å². The highest BCUT2D eigenvalue weighted by molar-refractivity contribution is 5.75. The minimum absolute atomic E-state index is 0.241. The smallest absolute Gasteiger partial charge is 0.353 e. The zero-order valence-electron chi connectivity index (χ0n) is 12.6. The van der Waals surface area contributed by atoms with Crippen LogP contribution in [0.25, 0.3) is 0 Å². The number of hydrogen-bond donors (Lipinski definition) is 2. The van der Waals surface area contributed by atoms with Crippen LogP contribution in [0.1, 0.15) is 0 Å². The molecule has 1 aromatic heterocycles. The van der Waals surface area contributed by atoms with Crippen LogP contribution in [0.15, 0.2) is 12.4 Å². The number of amides is 1. The summed E-state index contributed by atoms with van der Waals surface area (Å²) in [4.78, 5) is 22.9. The van der Waals surface area contributed by atoms with Crippen molar-refractivity contribution in [1.29, 1.82) is 0 Å². The van der Waals surface area contributed by atoms with E-state index in [1.807, 2.05) is 0 Å². The van der Waals surface area contributed by atoms with Crippen LogP contribution in [0.2, 0.25) is 0 Å². The molecule has 2 N–H and O–H groups in total. The second-order valence-electron chi connectivity index (χ2n) is 5.30. The van der Waals surface area contributed by atoms with Crippen LogP contribution in [0.5, 0.6) is 0 Å². The molecule has 1 unspecified atom stereocenters. The normalized spacial score (nSPS) is 17.5. The highest BCUT2D eigenvalue weighted by Gasteiger charge is 2.43. The van der Waals surface area contributed by atoms with Crippen molar-refractivity contribution in [3.63, 3.8) is 0 Å². The van der Waals surface area contributed by atoms with Crippen molar-refractivity contribution in [3.8, 4) is 0 Å². The molecular weight excluding hydrogens is 333 g/mol. The van der Waals surface area contributed by atoms with Crippen molar-refractivity contribution in [3.05, 3.63) is 22.5 Å². The summed E-state index contributed by atoms with van der Waals surface area (Å²) in [5, 5.41) is 19.3. The fourth-order valence-electron chi connectivity index (χ4n) is 2.39. The number of nitro groups is 1. The number of halogens is 3. The van der Waals surface area contributed by atoms with E-state index in [0.29, 0.717) is 13.1 Å². The van der Waals surface area contributed by atoms with Gasteiger partial charge in [0, 0.05) is 32.7 Å². The summed E-state index contributed by atoms with van der Waals surface area (Å²) >= 11 is 0. The molecule has 9 nitrogen and oxygen atoms in total. The van der Waals surface area contributed by atoms with E-state index in [1.54, 1.807) is 0 Å². The fraction of sp³-hybridized carbons (Fsp3) is 0.667. The third-order valence-corrected chi connectivity index (χ3v) is 3.60. The zero-order valence-corrected chi connectivity index (χ0v) is 12.6. The maximum Gasteiger partial charge on any atom is 0.405 e. The second-order valence-corrected chi connectivity index (χ2v) is 5.30. The first-order valence-corrected chi connectivity index (χ1v) is 7.22. The summed E-state index contributed by atoms with van der Waals surface area (Å²) < 4.78 is 40.5. The molecule has 2 heterocycles. The fourth-order valence-corrected chi connectivity index (χ4v) is 2.39. The van der Waals surface area contributed by atoms with Gasteiger partial charge in [0.15, 0.2) is 0 Å². The van der Waals surface area contributed by atoms with E-state index in [2.05, 4.69) is 15.7 Å². The molecule has 1 atom stereocenters. The van der Waals surface area contributed by atoms with E-state index >= 15 is 0 Å². The molecule has 0 bridgehead atoms. The predicted molar refractivity (Wildman–Crippen MR) is 76.2 cm³/mol. The summed E-state index contributed by atoms with van der Waals surface area (Å²) in [6, 6.07) is -1.77. The number of hydrogen-bond acceptors (Lipinski definition) is 6. The van der Waals surface area contributed by atoms with E-state index in [9.17, 15) is 28.1 Å². The Morgan fingerprint density at radius 3 is 2.67 bits per heavy atom. The molecule has 24 heavy (non-hydrogen) atoms. The first-order chi connectivity index (χ1) is 11.3. The van der Waals surface area contributed by atoms with E-state index in [-0.39, 0.29) is 25.3 Å². The molecule has 12 heteroatoms. The molecule has 0 spiro atoms. The van der Waals surface area contributed by atoms with Crippen LogP contribution in [0, 0.1) is 10.1 Å². The lowest BCUT2D eigenvalue weighted by molar-refractivity contribution is -0.385. The summed E-state index contributed by atoms with van der Waals surface area (Å²) in [6.45, 7) is 0.428. The maximum absolute atomic E-state index is 13.2. The molecule has 0 aromatic carbocycles. The van der Waals surface area contributed by atoms with E-state index in [4.69, 9.17) is 0 Å². The summed E-state index contributed by atoms with van der Waals surface area (Å²) in [5.74, 6) is -0.697. The lowest BCUT2D eigenvalue weighted by Gasteiger charge is -2.35. The summed E-state index contributed by atoms with van der Waals surface area (Å²) in [7, 11) is 0. The Morgan fingerprint density at radius 2 is 2.12 bits per heavy atom. The van der Waals surface area contributed by atoms with Gasteiger partial charge >= 0.3 is 11.9 Å². The third-order valence-electron chi connectivity index (χ3n) is 3.60. The monoisotopic (exact) mass is 350 g/mol. The van der Waals surface area contributed by atoms with Gasteiger partial charge in [-0.25, -0.2) is 0 Å². The number of rotatable bonds is 6. The zero-order chi connectivity index (χ0) is 17.7. The van der Waals surface area contributed by atoms with Gasteiger partial charge in [0.1, 0.15) is 25.0 Å². The highest BCUT2D eigenvalue weighted by Crippen LogP contribution is 2.24. The maximum atomic E-state index is 13.2. The number of carbonyl (C=O) groups is 1. The Bertz CT molecular complexity index is 585. The molecule has 0 saturated carbocycles. The lowest BCUT2D eigenvalue weighted by Crippen LogP contribution is -2.57. The largest absolute Gasteiger partial charge is 0.405 e. The third kappa shape index (κ3) is 4.89.